The van der Waals surface area contributed by atoms with Crippen LogP contribution in [0.15, 0.2) is 479 Å². The van der Waals surface area contributed by atoms with Gasteiger partial charge in [-0.1, -0.05) is 388 Å². The lowest BCUT2D eigenvalue weighted by atomic mass is 9.33. The van der Waals surface area contributed by atoms with E-state index in [0.717, 1.165) is 162 Å². The first-order chi connectivity index (χ1) is 63.0. The molecule has 3 heterocycles. The van der Waals surface area contributed by atoms with Crippen molar-refractivity contribution in [2.45, 2.75) is 0 Å². The fraction of sp³-hybridized carbons (Fsp3) is 0. The molecule has 0 spiro atoms. The maximum atomic E-state index is 2.73. The molecule has 2 aliphatic heterocycles. The van der Waals surface area contributed by atoms with E-state index in [-0.39, 0.29) is 0 Å². The third kappa shape index (κ3) is 12.1. The summed E-state index contributed by atoms with van der Waals surface area (Å²) in [5, 5.41) is 12.5. The van der Waals surface area contributed by atoms with E-state index >= 15 is 0 Å². The van der Waals surface area contributed by atoms with Gasteiger partial charge in [0, 0.05) is 72.8 Å². The highest BCUT2D eigenvalue weighted by Gasteiger charge is 2.47. The monoisotopic (exact) mass is 1610 g/mol. The van der Waals surface area contributed by atoms with Crippen LogP contribution in [-0.2, 0) is 0 Å². The third-order valence-corrected chi connectivity index (χ3v) is 26.7. The molecule has 0 radical (unpaired) electrons. The highest BCUT2D eigenvalue weighted by molar-refractivity contribution is 7.00. The number of rotatable bonds is 15. The zero-order chi connectivity index (χ0) is 83.6. The van der Waals surface area contributed by atoms with Gasteiger partial charge < -0.3 is 19.3 Å². The van der Waals surface area contributed by atoms with E-state index in [0.29, 0.717) is 0 Å². The fourth-order valence-electron chi connectivity index (χ4n) is 21.0. The first-order valence-corrected chi connectivity index (χ1v) is 44.0. The SMILES string of the molecule is c1ccc(-c2ccc(N(c3ccc(-c4ccccc4)cc3)c3cc4c5c(c3)N(c3c(-c6ccccc6)cc(-c6ccccc6)cc3-c3ccccc3)c3cc(-n6c7ccccc7c7ccccc76)ccc3B5c3cc(-c5ccc6c7cccc8cccc(c9cccc5c96)c87)ccc3N4c3c(-c4ccccc4)cc(-c4ccccc4)cc3-c3ccccc3)cc2)cc1. The first kappa shape index (κ1) is 73.2. The molecule has 2 aliphatic rings. The zero-order valence-electron chi connectivity index (χ0n) is 69.5. The van der Waals surface area contributed by atoms with Crippen LogP contribution in [0.5, 0.6) is 0 Å². The van der Waals surface area contributed by atoms with Gasteiger partial charge in [-0.3, -0.25) is 0 Å². The van der Waals surface area contributed by atoms with Crippen molar-refractivity contribution in [3.8, 4) is 106 Å². The smallest absolute Gasteiger partial charge is 0.252 e. The summed E-state index contributed by atoms with van der Waals surface area (Å²) in [5.41, 5.74) is 36.3. The first-order valence-electron chi connectivity index (χ1n) is 44.0. The van der Waals surface area contributed by atoms with Crippen molar-refractivity contribution in [3.63, 3.8) is 0 Å². The van der Waals surface area contributed by atoms with Crippen LogP contribution in [-0.4, -0.2) is 11.3 Å². The van der Waals surface area contributed by atoms with Crippen LogP contribution in [0.2, 0.25) is 0 Å². The van der Waals surface area contributed by atoms with Crippen LogP contribution in [0.25, 0.3) is 171 Å². The highest BCUT2D eigenvalue weighted by atomic mass is 15.2. The Hall–Kier alpha value is -16.6. The summed E-state index contributed by atoms with van der Waals surface area (Å²) in [7, 11) is 0. The number of para-hydroxylation sites is 2. The predicted molar refractivity (Wildman–Crippen MR) is 540 cm³/mol. The topological polar surface area (TPSA) is 14.7 Å². The zero-order valence-corrected chi connectivity index (χ0v) is 69.5. The van der Waals surface area contributed by atoms with Crippen LogP contribution < -0.4 is 31.1 Å². The van der Waals surface area contributed by atoms with E-state index in [1.807, 2.05) is 0 Å². The summed E-state index contributed by atoms with van der Waals surface area (Å²) in [6.07, 6.45) is 0. The van der Waals surface area contributed by atoms with Gasteiger partial charge in [-0.15, -0.1) is 0 Å². The largest absolute Gasteiger partial charge is 0.310 e. The van der Waals surface area contributed by atoms with Crippen molar-refractivity contribution in [1.29, 1.82) is 0 Å². The second-order valence-electron chi connectivity index (χ2n) is 33.7. The number of anilines is 9. The number of benzene rings is 22. The molecule has 0 fully saturated rings. The number of aromatic nitrogens is 1. The van der Waals surface area contributed by atoms with Crippen molar-refractivity contribution < 1.29 is 0 Å². The highest BCUT2D eigenvalue weighted by Crippen LogP contribution is 2.57. The molecule has 0 saturated heterocycles. The lowest BCUT2D eigenvalue weighted by Gasteiger charge is -2.46. The standard InChI is InChI=1S/C122H79BN4/c1-9-32-80(33-10-1)84-58-63-94(64-59-84)124(95-65-60-85(61-66-95)81-34-11-2-12-35-81)97-78-116-120-117(79-97)127(122-108(88-44-21-7-22-45-88)74-93(83-38-15-4-16-39-83)75-109(122)89-46-23-8-24-47-89)115-77-96(125-112-56-27-25-50-99(112)100-51-26-28-57-113(100)125)67-70-110(115)123(120)111-76-91(98-68-69-105-103-53-30-49-90-48-29-52-102(118(90)103)104-55-31-54-101(98)119(104)105)62-71-114(111)126(116)121-106(86-40-17-5-18-41-86)72-92(82-36-13-3-14-37-82)73-107(121)87-42-19-6-20-43-87/h1-79H. The fourth-order valence-corrected chi connectivity index (χ4v) is 21.0. The summed E-state index contributed by atoms with van der Waals surface area (Å²) < 4.78 is 2.51. The van der Waals surface area contributed by atoms with Gasteiger partial charge >= 0.3 is 0 Å². The average molecular weight is 1610 g/mol. The molecule has 127 heavy (non-hydrogen) atoms. The Bertz CT molecular complexity index is 7900. The molecule has 590 valence electrons. The molecule has 0 N–H and O–H groups in total. The lowest BCUT2D eigenvalue weighted by molar-refractivity contribution is 1.17. The van der Waals surface area contributed by atoms with Crippen LogP contribution in [0.1, 0.15) is 0 Å². The van der Waals surface area contributed by atoms with Gasteiger partial charge in [0.25, 0.3) is 6.71 Å². The lowest BCUT2D eigenvalue weighted by Crippen LogP contribution is -2.61. The van der Waals surface area contributed by atoms with Gasteiger partial charge in [-0.25, -0.2) is 0 Å². The number of hydrogen-bond donors (Lipinski definition) is 0. The van der Waals surface area contributed by atoms with Crippen LogP contribution in [0.4, 0.5) is 51.2 Å². The van der Waals surface area contributed by atoms with Crippen molar-refractivity contribution >= 4 is 139 Å². The number of hydrogen-bond acceptors (Lipinski definition) is 3. The molecule has 0 bridgehead atoms. The van der Waals surface area contributed by atoms with Crippen LogP contribution >= 0.6 is 0 Å². The van der Waals surface area contributed by atoms with Crippen molar-refractivity contribution in [2.24, 2.45) is 0 Å². The molecule has 0 amide bonds. The predicted octanol–water partition coefficient (Wildman–Crippen LogP) is 31.4. The molecule has 25 rings (SSSR count). The van der Waals surface area contributed by atoms with Crippen molar-refractivity contribution in [1.82, 2.24) is 4.57 Å². The summed E-state index contributed by atoms with van der Waals surface area (Å²) in [5.74, 6) is 0. The molecule has 1 aromatic heterocycles. The van der Waals surface area contributed by atoms with Crippen molar-refractivity contribution in [2.75, 3.05) is 14.7 Å². The molecule has 4 nitrogen and oxygen atoms in total. The maximum absolute atomic E-state index is 2.73. The Morgan fingerprint density at radius 2 is 0.543 bits per heavy atom. The normalized spacial score (nSPS) is 12.2. The quantitative estimate of drug-likeness (QED) is 0.0578. The second kappa shape index (κ2) is 30.2. The molecule has 5 heteroatoms. The minimum atomic E-state index is -0.398. The summed E-state index contributed by atoms with van der Waals surface area (Å²) in [6.45, 7) is -0.398. The van der Waals surface area contributed by atoms with E-state index in [4.69, 9.17) is 0 Å². The number of fused-ring (bicyclic) bond motifs is 9. The Kier molecular flexibility index (Phi) is 17.4. The van der Waals surface area contributed by atoms with E-state index in [1.54, 1.807) is 0 Å². The Balaban J connectivity index is 0.867. The Morgan fingerprint density at radius 3 is 0.992 bits per heavy atom. The summed E-state index contributed by atoms with van der Waals surface area (Å²) >= 11 is 0. The molecule has 0 unspecified atom stereocenters. The van der Waals surface area contributed by atoms with Crippen molar-refractivity contribution in [3.05, 3.63) is 479 Å². The third-order valence-electron chi connectivity index (χ3n) is 26.7. The summed E-state index contributed by atoms with van der Waals surface area (Å²) in [6, 6.07) is 180. The van der Waals surface area contributed by atoms with Gasteiger partial charge in [-0.05, 0) is 228 Å². The van der Waals surface area contributed by atoms with Gasteiger partial charge in [-0.2, -0.15) is 0 Å². The number of nitrogens with zero attached hydrogens (tertiary/aromatic N) is 4. The van der Waals surface area contributed by atoms with Gasteiger partial charge in [0.1, 0.15) is 0 Å². The molecule has 0 atom stereocenters. The molecular weight excluding hydrogens is 1530 g/mol. The second-order valence-corrected chi connectivity index (χ2v) is 33.7. The Morgan fingerprint density at radius 1 is 0.189 bits per heavy atom. The van der Waals surface area contributed by atoms with Gasteiger partial charge in [0.15, 0.2) is 0 Å². The molecule has 23 aromatic rings. The molecule has 22 aromatic carbocycles. The van der Waals surface area contributed by atoms with E-state index in [1.165, 1.54) is 75.8 Å². The van der Waals surface area contributed by atoms with Crippen LogP contribution in [0, 0.1) is 0 Å². The van der Waals surface area contributed by atoms with E-state index in [9.17, 15) is 0 Å². The Labute approximate surface area is 738 Å². The minimum absolute atomic E-state index is 0.398. The van der Waals surface area contributed by atoms with Gasteiger partial charge in [0.2, 0.25) is 0 Å². The molecule has 0 saturated carbocycles. The van der Waals surface area contributed by atoms with Gasteiger partial charge in [0.05, 0.1) is 28.1 Å². The molecule has 0 aliphatic carbocycles. The van der Waals surface area contributed by atoms with E-state index < -0.39 is 6.71 Å². The molecular formula is C122H79BN4. The summed E-state index contributed by atoms with van der Waals surface area (Å²) in [4.78, 5) is 7.97. The van der Waals surface area contributed by atoms with E-state index in [2.05, 4.69) is 499 Å². The average Bonchev–Trinajstić information content (AvgIpc) is 0.776. The minimum Gasteiger partial charge on any atom is -0.310 e. The van der Waals surface area contributed by atoms with Crippen LogP contribution in [0.3, 0.4) is 0 Å². The maximum Gasteiger partial charge on any atom is 0.252 e.